The average molecular weight is 423 g/mol. The molecule has 31 heavy (non-hydrogen) atoms. The number of carbonyl (C=O) groups is 1. The Kier molecular flexibility index (Phi) is 6.59. The van der Waals surface area contributed by atoms with E-state index in [-0.39, 0.29) is 17.9 Å². The minimum atomic E-state index is -0.254. The van der Waals surface area contributed by atoms with E-state index in [4.69, 9.17) is 13.9 Å². The fraction of sp³-hybridized carbons (Fsp3) is 0.400. The van der Waals surface area contributed by atoms with E-state index in [1.807, 2.05) is 56.3 Å². The summed E-state index contributed by atoms with van der Waals surface area (Å²) < 4.78 is 16.7. The van der Waals surface area contributed by atoms with E-state index in [0.717, 1.165) is 46.7 Å². The zero-order valence-corrected chi connectivity index (χ0v) is 18.4. The monoisotopic (exact) mass is 422 g/mol. The lowest BCUT2D eigenvalue weighted by atomic mass is 9.97. The van der Waals surface area contributed by atoms with Gasteiger partial charge in [0.15, 0.2) is 0 Å². The Hall–Kier alpha value is -2.83. The number of hydrogen-bond donors (Lipinski definition) is 1. The van der Waals surface area contributed by atoms with Gasteiger partial charge in [0.1, 0.15) is 17.3 Å². The van der Waals surface area contributed by atoms with Gasteiger partial charge in [-0.15, -0.1) is 0 Å². The van der Waals surface area contributed by atoms with Gasteiger partial charge in [0.2, 0.25) is 5.91 Å². The zero-order valence-electron chi connectivity index (χ0n) is 18.4. The topological polar surface area (TPSA) is 63.9 Å². The lowest BCUT2D eigenvalue weighted by Crippen LogP contribution is -2.44. The van der Waals surface area contributed by atoms with Crippen LogP contribution in [0, 0.1) is 6.92 Å². The van der Waals surface area contributed by atoms with Crippen LogP contribution in [-0.2, 0) is 9.53 Å². The van der Waals surface area contributed by atoms with Gasteiger partial charge in [-0.3, -0.25) is 9.69 Å². The second kappa shape index (κ2) is 9.54. The molecule has 1 fully saturated rings. The Labute approximate surface area is 183 Å². The van der Waals surface area contributed by atoms with Gasteiger partial charge < -0.3 is 19.2 Å². The number of amides is 1. The summed E-state index contributed by atoms with van der Waals surface area (Å²) in [5, 5.41) is 5.34. The third-order valence-electron chi connectivity index (χ3n) is 6.01. The van der Waals surface area contributed by atoms with Crippen LogP contribution in [0.3, 0.4) is 0 Å². The molecular weight excluding hydrogens is 392 g/mol. The molecule has 0 spiro atoms. The lowest BCUT2D eigenvalue weighted by molar-refractivity contribution is -0.122. The van der Waals surface area contributed by atoms with E-state index in [1.165, 1.54) is 0 Å². The first-order valence-electron chi connectivity index (χ1n) is 10.8. The number of morpholine rings is 1. The fourth-order valence-electron chi connectivity index (χ4n) is 4.07. The number of hydrogen-bond acceptors (Lipinski definition) is 5. The quantitative estimate of drug-likeness (QED) is 0.623. The van der Waals surface area contributed by atoms with Crippen LogP contribution in [0.15, 0.2) is 52.9 Å². The van der Waals surface area contributed by atoms with Gasteiger partial charge in [-0.05, 0) is 54.4 Å². The van der Waals surface area contributed by atoms with Crippen LogP contribution in [0.2, 0.25) is 0 Å². The second-order valence-corrected chi connectivity index (χ2v) is 8.05. The number of methoxy groups -OCH3 is 1. The van der Waals surface area contributed by atoms with Crippen molar-refractivity contribution in [3.05, 3.63) is 65.6 Å². The number of furan rings is 1. The standard InChI is InChI=1S/C25H30N2O4/c1-17-4-9-24(31-17)23(27-10-12-30-13-11-27)16-26-25(28)18(2)19-5-6-21-15-22(29-3)8-7-20(21)14-19/h4-9,14-15,18,23H,10-13,16H2,1-3H3,(H,26,28)/t18-,23?/m0/s1. The van der Waals surface area contributed by atoms with Gasteiger partial charge in [0.05, 0.1) is 32.3 Å². The predicted molar refractivity (Wildman–Crippen MR) is 121 cm³/mol. The van der Waals surface area contributed by atoms with E-state index < -0.39 is 0 Å². The molecule has 2 heterocycles. The Balaban J connectivity index is 1.46. The van der Waals surface area contributed by atoms with Crippen molar-refractivity contribution < 1.29 is 18.7 Å². The summed E-state index contributed by atoms with van der Waals surface area (Å²) in [5.41, 5.74) is 0.993. The van der Waals surface area contributed by atoms with E-state index in [9.17, 15) is 4.79 Å². The normalized spacial score (nSPS) is 16.7. The number of nitrogens with zero attached hydrogens (tertiary/aromatic N) is 1. The fourth-order valence-corrected chi connectivity index (χ4v) is 4.07. The SMILES string of the molecule is COc1ccc2cc([C@H](C)C(=O)NCC(c3ccc(C)o3)N3CCOCC3)ccc2c1. The maximum atomic E-state index is 13.0. The van der Waals surface area contributed by atoms with Crippen molar-refractivity contribution in [2.45, 2.75) is 25.8 Å². The van der Waals surface area contributed by atoms with Gasteiger partial charge in [-0.1, -0.05) is 24.3 Å². The highest BCUT2D eigenvalue weighted by atomic mass is 16.5. The number of fused-ring (bicyclic) bond motifs is 1. The Morgan fingerprint density at radius 2 is 1.84 bits per heavy atom. The summed E-state index contributed by atoms with van der Waals surface area (Å²) in [4.78, 5) is 15.3. The van der Waals surface area contributed by atoms with Crippen LogP contribution in [0.1, 0.15) is 36.0 Å². The van der Waals surface area contributed by atoms with Crippen molar-refractivity contribution in [2.75, 3.05) is 40.0 Å². The number of carbonyl (C=O) groups excluding carboxylic acids is 1. The third kappa shape index (κ3) is 4.92. The molecule has 2 atom stereocenters. The van der Waals surface area contributed by atoms with E-state index in [2.05, 4.69) is 16.3 Å². The van der Waals surface area contributed by atoms with Crippen LogP contribution in [0.25, 0.3) is 10.8 Å². The van der Waals surface area contributed by atoms with Crippen LogP contribution < -0.4 is 10.1 Å². The van der Waals surface area contributed by atoms with Crippen LogP contribution in [0.4, 0.5) is 0 Å². The summed E-state index contributed by atoms with van der Waals surface area (Å²) in [6, 6.07) is 16.1. The Morgan fingerprint density at radius 1 is 1.10 bits per heavy atom. The summed E-state index contributed by atoms with van der Waals surface area (Å²) in [7, 11) is 1.66. The number of benzene rings is 2. The van der Waals surface area contributed by atoms with Gasteiger partial charge in [0.25, 0.3) is 0 Å². The molecule has 0 radical (unpaired) electrons. The van der Waals surface area contributed by atoms with Gasteiger partial charge in [-0.2, -0.15) is 0 Å². The molecule has 1 aromatic heterocycles. The number of ether oxygens (including phenoxy) is 2. The molecule has 2 aromatic carbocycles. The molecule has 6 nitrogen and oxygen atoms in total. The maximum Gasteiger partial charge on any atom is 0.227 e. The highest BCUT2D eigenvalue weighted by molar-refractivity contribution is 5.88. The van der Waals surface area contributed by atoms with Crippen LogP contribution in [0.5, 0.6) is 5.75 Å². The number of nitrogens with one attached hydrogen (secondary N) is 1. The Morgan fingerprint density at radius 3 is 2.55 bits per heavy atom. The van der Waals surface area contributed by atoms with E-state index in [0.29, 0.717) is 19.8 Å². The molecule has 1 saturated heterocycles. The molecule has 1 N–H and O–H groups in total. The van der Waals surface area contributed by atoms with Gasteiger partial charge in [-0.25, -0.2) is 0 Å². The average Bonchev–Trinajstić information content (AvgIpc) is 3.24. The van der Waals surface area contributed by atoms with Crippen molar-refractivity contribution in [1.29, 1.82) is 0 Å². The molecule has 0 saturated carbocycles. The predicted octanol–water partition coefficient (Wildman–Crippen LogP) is 4.04. The molecule has 4 rings (SSSR count). The molecule has 3 aromatic rings. The summed E-state index contributed by atoms with van der Waals surface area (Å²) >= 11 is 0. The first kappa shape index (κ1) is 21.4. The molecule has 0 aliphatic carbocycles. The van der Waals surface area contributed by atoms with Crippen molar-refractivity contribution in [3.8, 4) is 5.75 Å². The molecule has 0 bridgehead atoms. The van der Waals surface area contributed by atoms with Crippen molar-refractivity contribution in [3.63, 3.8) is 0 Å². The number of aryl methyl sites for hydroxylation is 1. The third-order valence-corrected chi connectivity index (χ3v) is 6.01. The minimum absolute atomic E-state index is 0.00202. The summed E-state index contributed by atoms with van der Waals surface area (Å²) in [6.07, 6.45) is 0. The van der Waals surface area contributed by atoms with Crippen molar-refractivity contribution in [2.24, 2.45) is 0 Å². The van der Waals surface area contributed by atoms with Crippen LogP contribution >= 0.6 is 0 Å². The first-order valence-corrected chi connectivity index (χ1v) is 10.8. The lowest BCUT2D eigenvalue weighted by Gasteiger charge is -2.33. The van der Waals surface area contributed by atoms with E-state index >= 15 is 0 Å². The molecule has 1 aliphatic heterocycles. The molecular formula is C25H30N2O4. The highest BCUT2D eigenvalue weighted by Gasteiger charge is 2.26. The molecule has 1 aliphatic rings. The summed E-state index contributed by atoms with van der Waals surface area (Å²) in [6.45, 7) is 7.43. The number of rotatable bonds is 7. The highest BCUT2D eigenvalue weighted by Crippen LogP contribution is 2.26. The maximum absolute atomic E-state index is 13.0. The van der Waals surface area contributed by atoms with E-state index in [1.54, 1.807) is 7.11 Å². The minimum Gasteiger partial charge on any atom is -0.497 e. The largest absolute Gasteiger partial charge is 0.497 e. The molecule has 1 amide bonds. The summed E-state index contributed by atoms with van der Waals surface area (Å²) in [5.74, 6) is 2.34. The van der Waals surface area contributed by atoms with Gasteiger partial charge in [0, 0.05) is 19.6 Å². The molecule has 164 valence electrons. The Bertz CT molecular complexity index is 1040. The molecule has 1 unspecified atom stereocenters. The smallest absolute Gasteiger partial charge is 0.227 e. The second-order valence-electron chi connectivity index (χ2n) is 8.05. The van der Waals surface area contributed by atoms with Crippen molar-refractivity contribution >= 4 is 16.7 Å². The van der Waals surface area contributed by atoms with Crippen molar-refractivity contribution in [1.82, 2.24) is 10.2 Å². The van der Waals surface area contributed by atoms with Gasteiger partial charge >= 0.3 is 0 Å². The molecule has 6 heteroatoms. The zero-order chi connectivity index (χ0) is 21.8. The van der Waals surface area contributed by atoms with Crippen LogP contribution in [-0.4, -0.2) is 50.8 Å². The first-order chi connectivity index (χ1) is 15.0.